The average Bonchev–Trinajstić information content (AvgIpc) is 2.88. The Kier molecular flexibility index (Phi) is 5.05. The van der Waals surface area contributed by atoms with E-state index in [0.29, 0.717) is 36.2 Å². The maximum absolute atomic E-state index is 13.0. The first-order valence-corrected chi connectivity index (χ1v) is 6.49. The molecule has 2 N–H and O–H groups in total. The molecule has 0 amide bonds. The van der Waals surface area contributed by atoms with Crippen molar-refractivity contribution in [1.29, 1.82) is 0 Å². The minimum atomic E-state index is -0.380. The molecule has 0 aliphatic carbocycles. The smallest absolute Gasteiger partial charge is 0.243 e. The van der Waals surface area contributed by atoms with Crippen molar-refractivity contribution in [3.63, 3.8) is 0 Å². The second kappa shape index (κ2) is 6.78. The second-order valence-corrected chi connectivity index (χ2v) is 4.76. The van der Waals surface area contributed by atoms with Crippen molar-refractivity contribution in [2.24, 2.45) is 5.73 Å². The molecule has 7 heteroatoms. The van der Waals surface area contributed by atoms with Crippen LogP contribution in [0.2, 0.25) is 5.02 Å². The van der Waals surface area contributed by atoms with Gasteiger partial charge in [0.2, 0.25) is 5.89 Å². The summed E-state index contributed by atoms with van der Waals surface area (Å²) in [6, 6.07) is 3.83. The van der Waals surface area contributed by atoms with Gasteiger partial charge in [-0.05, 0) is 24.1 Å². The zero-order valence-corrected chi connectivity index (χ0v) is 11.7. The molecule has 0 spiro atoms. The third-order valence-electron chi connectivity index (χ3n) is 2.80. The van der Waals surface area contributed by atoms with Crippen LogP contribution in [-0.2, 0) is 11.2 Å². The first-order valence-electron chi connectivity index (χ1n) is 6.11. The summed E-state index contributed by atoms with van der Waals surface area (Å²) in [5.41, 5.74) is 6.61. The normalized spacial score (nSPS) is 12.6. The Bertz CT molecular complexity index is 576. The fourth-order valence-corrected chi connectivity index (χ4v) is 1.93. The largest absolute Gasteiger partial charge is 0.385 e. The van der Waals surface area contributed by atoms with Crippen molar-refractivity contribution in [1.82, 2.24) is 10.1 Å². The molecule has 1 heterocycles. The van der Waals surface area contributed by atoms with Crippen molar-refractivity contribution >= 4 is 11.6 Å². The molecule has 1 aromatic carbocycles. The topological polar surface area (TPSA) is 74.2 Å². The van der Waals surface area contributed by atoms with E-state index in [9.17, 15) is 4.39 Å². The van der Waals surface area contributed by atoms with Crippen LogP contribution in [0.5, 0.6) is 0 Å². The third-order valence-corrected chi connectivity index (χ3v) is 3.15. The number of methoxy groups -OCH3 is 1. The van der Waals surface area contributed by atoms with E-state index in [-0.39, 0.29) is 11.9 Å². The van der Waals surface area contributed by atoms with E-state index in [0.717, 1.165) is 5.56 Å². The van der Waals surface area contributed by atoms with Crippen molar-refractivity contribution in [2.45, 2.75) is 18.9 Å². The van der Waals surface area contributed by atoms with Gasteiger partial charge in [0.25, 0.3) is 0 Å². The van der Waals surface area contributed by atoms with Crippen LogP contribution in [0.3, 0.4) is 0 Å². The van der Waals surface area contributed by atoms with E-state index in [4.69, 9.17) is 26.6 Å². The molecule has 108 valence electrons. The van der Waals surface area contributed by atoms with E-state index in [1.54, 1.807) is 13.2 Å². The monoisotopic (exact) mass is 299 g/mol. The Morgan fingerprint density at radius 2 is 2.30 bits per heavy atom. The number of nitrogens with zero attached hydrogens (tertiary/aromatic N) is 2. The molecule has 0 aliphatic heterocycles. The maximum atomic E-state index is 13.0. The van der Waals surface area contributed by atoms with Crippen molar-refractivity contribution in [3.8, 4) is 0 Å². The highest BCUT2D eigenvalue weighted by atomic mass is 35.5. The number of rotatable bonds is 6. The van der Waals surface area contributed by atoms with E-state index >= 15 is 0 Å². The number of aromatic nitrogens is 2. The van der Waals surface area contributed by atoms with Gasteiger partial charge in [-0.1, -0.05) is 22.8 Å². The summed E-state index contributed by atoms with van der Waals surface area (Å²) in [4.78, 5) is 4.21. The van der Waals surface area contributed by atoms with Gasteiger partial charge >= 0.3 is 0 Å². The number of ether oxygens (including phenoxy) is 1. The van der Waals surface area contributed by atoms with Crippen LogP contribution in [0, 0.1) is 5.82 Å². The molecule has 1 unspecified atom stereocenters. The lowest BCUT2D eigenvalue weighted by Crippen LogP contribution is -2.13. The summed E-state index contributed by atoms with van der Waals surface area (Å²) in [5.74, 6) is 0.436. The van der Waals surface area contributed by atoms with Crippen molar-refractivity contribution in [2.75, 3.05) is 13.7 Å². The minimum absolute atomic E-state index is 0.333. The minimum Gasteiger partial charge on any atom is -0.385 e. The zero-order chi connectivity index (χ0) is 14.5. The molecule has 2 rings (SSSR count). The first kappa shape index (κ1) is 14.9. The Balaban J connectivity index is 2.05. The molecule has 0 bridgehead atoms. The Morgan fingerprint density at radius 3 is 3.00 bits per heavy atom. The Morgan fingerprint density at radius 1 is 1.50 bits per heavy atom. The summed E-state index contributed by atoms with van der Waals surface area (Å²) in [7, 11) is 1.60. The summed E-state index contributed by atoms with van der Waals surface area (Å²) < 4.78 is 23.0. The molecule has 0 aliphatic rings. The average molecular weight is 300 g/mol. The van der Waals surface area contributed by atoms with Gasteiger partial charge in [-0.25, -0.2) is 4.39 Å². The predicted octanol–water partition coefficient (Wildman–Crippen LogP) is 2.49. The van der Waals surface area contributed by atoms with Crippen LogP contribution >= 0.6 is 11.6 Å². The van der Waals surface area contributed by atoms with E-state index in [2.05, 4.69) is 10.1 Å². The van der Waals surface area contributed by atoms with Crippen LogP contribution < -0.4 is 5.73 Å². The van der Waals surface area contributed by atoms with Crippen LogP contribution in [-0.4, -0.2) is 23.9 Å². The molecule has 0 saturated heterocycles. The molecule has 1 aromatic heterocycles. The molecule has 0 fully saturated rings. The standard InChI is InChI=1S/C13H15ClFN3O2/c1-19-5-4-11(16)13-17-12(18-20-13)6-8-2-3-9(15)7-10(8)14/h2-3,7,11H,4-6,16H2,1H3. The van der Waals surface area contributed by atoms with Crippen LogP contribution in [0.25, 0.3) is 0 Å². The molecular weight excluding hydrogens is 285 g/mol. The molecular formula is C13H15ClFN3O2. The molecule has 20 heavy (non-hydrogen) atoms. The molecule has 1 atom stereocenters. The number of hydrogen-bond acceptors (Lipinski definition) is 5. The highest BCUT2D eigenvalue weighted by Crippen LogP contribution is 2.20. The quantitative estimate of drug-likeness (QED) is 0.887. The molecule has 0 radical (unpaired) electrons. The fourth-order valence-electron chi connectivity index (χ4n) is 1.69. The number of nitrogens with two attached hydrogens (primary N) is 1. The van der Waals surface area contributed by atoms with Gasteiger partial charge in [0.05, 0.1) is 6.04 Å². The van der Waals surface area contributed by atoms with Crippen molar-refractivity contribution < 1.29 is 13.7 Å². The molecule has 2 aromatic rings. The van der Waals surface area contributed by atoms with Gasteiger partial charge in [-0.3, -0.25) is 0 Å². The van der Waals surface area contributed by atoms with Gasteiger partial charge in [0.1, 0.15) is 5.82 Å². The van der Waals surface area contributed by atoms with Gasteiger partial charge in [0, 0.05) is 25.2 Å². The lowest BCUT2D eigenvalue weighted by Gasteiger charge is -2.04. The summed E-state index contributed by atoms with van der Waals surface area (Å²) in [6.07, 6.45) is 0.953. The summed E-state index contributed by atoms with van der Waals surface area (Å²) in [6.45, 7) is 0.517. The molecule has 0 saturated carbocycles. The number of benzene rings is 1. The lowest BCUT2D eigenvalue weighted by atomic mass is 10.1. The summed E-state index contributed by atoms with van der Waals surface area (Å²) >= 11 is 5.95. The van der Waals surface area contributed by atoms with E-state index < -0.39 is 0 Å². The Labute approximate surface area is 120 Å². The summed E-state index contributed by atoms with van der Waals surface area (Å²) in [5, 5.41) is 4.18. The van der Waals surface area contributed by atoms with Crippen LogP contribution in [0.1, 0.15) is 29.7 Å². The van der Waals surface area contributed by atoms with Crippen molar-refractivity contribution in [3.05, 3.63) is 46.3 Å². The van der Waals surface area contributed by atoms with Gasteiger partial charge < -0.3 is 15.0 Å². The first-order chi connectivity index (χ1) is 9.60. The maximum Gasteiger partial charge on any atom is 0.243 e. The van der Waals surface area contributed by atoms with E-state index in [1.807, 2.05) is 0 Å². The van der Waals surface area contributed by atoms with Gasteiger partial charge in [-0.15, -0.1) is 0 Å². The van der Waals surface area contributed by atoms with Crippen LogP contribution in [0.15, 0.2) is 22.7 Å². The number of halogens is 2. The number of hydrogen-bond donors (Lipinski definition) is 1. The fraction of sp³-hybridized carbons (Fsp3) is 0.385. The Hall–Kier alpha value is -1.50. The highest BCUT2D eigenvalue weighted by Gasteiger charge is 2.15. The zero-order valence-electron chi connectivity index (χ0n) is 11.0. The van der Waals surface area contributed by atoms with E-state index in [1.165, 1.54) is 12.1 Å². The predicted molar refractivity (Wildman–Crippen MR) is 71.9 cm³/mol. The highest BCUT2D eigenvalue weighted by molar-refractivity contribution is 6.31. The van der Waals surface area contributed by atoms with Gasteiger partial charge in [-0.2, -0.15) is 4.98 Å². The lowest BCUT2D eigenvalue weighted by molar-refractivity contribution is 0.182. The van der Waals surface area contributed by atoms with Gasteiger partial charge in [0.15, 0.2) is 5.82 Å². The SMILES string of the molecule is COCCC(N)c1nc(Cc2ccc(F)cc2Cl)no1. The molecule has 5 nitrogen and oxygen atoms in total. The second-order valence-electron chi connectivity index (χ2n) is 4.35. The van der Waals surface area contributed by atoms with Crippen LogP contribution in [0.4, 0.5) is 4.39 Å². The third kappa shape index (κ3) is 3.75.